The predicted molar refractivity (Wildman–Crippen MR) is 79.9 cm³/mol. The molecular formula is C15H20N4O2. The monoisotopic (exact) mass is 288 g/mol. The molecule has 1 aromatic rings. The van der Waals surface area contributed by atoms with E-state index in [1.54, 1.807) is 12.1 Å². The van der Waals surface area contributed by atoms with Crippen LogP contribution in [-0.4, -0.2) is 15.9 Å². The average Bonchev–Trinajstić information content (AvgIpc) is 2.53. The highest BCUT2D eigenvalue weighted by Crippen LogP contribution is 2.29. The van der Waals surface area contributed by atoms with Crippen molar-refractivity contribution in [2.75, 3.05) is 5.32 Å². The number of pyridine rings is 1. The van der Waals surface area contributed by atoms with E-state index in [4.69, 9.17) is 5.26 Å². The number of rotatable bonds is 5. The van der Waals surface area contributed by atoms with Gasteiger partial charge in [0.05, 0.1) is 4.92 Å². The van der Waals surface area contributed by atoms with Gasteiger partial charge in [0.25, 0.3) is 0 Å². The lowest BCUT2D eigenvalue weighted by Crippen LogP contribution is -2.30. The maximum atomic E-state index is 10.8. The molecule has 1 N–H and O–H groups in total. The number of nitrogens with one attached hydrogen (secondary N) is 1. The molecule has 1 fully saturated rings. The van der Waals surface area contributed by atoms with E-state index in [1.807, 2.05) is 0 Å². The van der Waals surface area contributed by atoms with Crippen molar-refractivity contribution < 1.29 is 4.92 Å². The van der Waals surface area contributed by atoms with Gasteiger partial charge in [-0.2, -0.15) is 5.26 Å². The summed E-state index contributed by atoms with van der Waals surface area (Å²) in [6.07, 6.45) is 7.24. The zero-order valence-electron chi connectivity index (χ0n) is 12.2. The zero-order chi connectivity index (χ0) is 15.2. The first kappa shape index (κ1) is 15.2. The van der Waals surface area contributed by atoms with Crippen LogP contribution in [0.4, 0.5) is 11.5 Å². The van der Waals surface area contributed by atoms with Gasteiger partial charge in [-0.25, -0.2) is 4.98 Å². The number of nitriles is 1. The summed E-state index contributed by atoms with van der Waals surface area (Å²) in [5.74, 6) is 1.17. The second kappa shape index (κ2) is 7.02. The van der Waals surface area contributed by atoms with Gasteiger partial charge in [-0.1, -0.05) is 26.2 Å². The smallest absolute Gasteiger partial charge is 0.305 e. The van der Waals surface area contributed by atoms with Gasteiger partial charge in [-0.05, 0) is 31.2 Å². The first-order valence-electron chi connectivity index (χ1n) is 7.47. The van der Waals surface area contributed by atoms with E-state index in [0.29, 0.717) is 17.8 Å². The van der Waals surface area contributed by atoms with E-state index < -0.39 is 4.92 Å². The molecule has 1 aliphatic carbocycles. The minimum atomic E-state index is -0.576. The molecule has 1 unspecified atom stereocenters. The van der Waals surface area contributed by atoms with E-state index >= 15 is 0 Å². The fourth-order valence-electron chi connectivity index (χ4n) is 3.04. The van der Waals surface area contributed by atoms with Gasteiger partial charge in [0.1, 0.15) is 11.9 Å². The topological polar surface area (TPSA) is 91.9 Å². The Morgan fingerprint density at radius 1 is 1.48 bits per heavy atom. The maximum absolute atomic E-state index is 10.8. The second-order valence-electron chi connectivity index (χ2n) is 5.49. The first-order valence-corrected chi connectivity index (χ1v) is 7.47. The molecule has 0 aliphatic heterocycles. The fourth-order valence-corrected chi connectivity index (χ4v) is 3.04. The normalized spacial score (nSPS) is 17.0. The third kappa shape index (κ3) is 3.69. The first-order chi connectivity index (χ1) is 10.2. The number of hydrogen-bond acceptors (Lipinski definition) is 5. The third-order valence-corrected chi connectivity index (χ3v) is 4.17. The number of anilines is 1. The molecule has 0 spiro atoms. The Hall–Kier alpha value is -2.16. The lowest BCUT2D eigenvalue weighted by atomic mass is 9.83. The van der Waals surface area contributed by atoms with Crippen LogP contribution in [0.1, 0.15) is 51.1 Å². The van der Waals surface area contributed by atoms with Crippen molar-refractivity contribution in [2.24, 2.45) is 5.92 Å². The highest BCUT2D eigenvalue weighted by atomic mass is 16.6. The van der Waals surface area contributed by atoms with Crippen molar-refractivity contribution in [1.82, 2.24) is 4.98 Å². The summed E-state index contributed by atoms with van der Waals surface area (Å²) in [5, 5.41) is 23.2. The summed E-state index contributed by atoms with van der Waals surface area (Å²) in [6, 6.07) is 5.04. The average molecular weight is 288 g/mol. The highest BCUT2D eigenvalue weighted by Gasteiger charge is 2.23. The van der Waals surface area contributed by atoms with Crippen LogP contribution in [0.15, 0.2) is 12.1 Å². The molecule has 21 heavy (non-hydrogen) atoms. The maximum Gasteiger partial charge on any atom is 0.305 e. The number of aromatic nitrogens is 1. The number of hydrogen-bond donors (Lipinski definition) is 1. The predicted octanol–water partition coefficient (Wildman–Crippen LogP) is 3.63. The van der Waals surface area contributed by atoms with Gasteiger partial charge in [0.15, 0.2) is 0 Å². The lowest BCUT2D eigenvalue weighted by Gasteiger charge is -2.30. The van der Waals surface area contributed by atoms with Gasteiger partial charge >= 0.3 is 5.69 Å². The van der Waals surface area contributed by atoms with E-state index in [0.717, 1.165) is 6.42 Å². The molecule has 6 heteroatoms. The Labute approximate surface area is 124 Å². The Morgan fingerprint density at radius 2 is 2.19 bits per heavy atom. The van der Waals surface area contributed by atoms with Crippen LogP contribution in [0, 0.1) is 27.4 Å². The van der Waals surface area contributed by atoms with E-state index in [2.05, 4.69) is 17.2 Å². The molecule has 1 aromatic heterocycles. The fraction of sp³-hybridized carbons (Fsp3) is 0.600. The van der Waals surface area contributed by atoms with Crippen molar-refractivity contribution >= 4 is 11.5 Å². The van der Waals surface area contributed by atoms with Crippen LogP contribution in [-0.2, 0) is 0 Å². The molecule has 0 saturated heterocycles. The Morgan fingerprint density at radius 3 is 2.76 bits per heavy atom. The van der Waals surface area contributed by atoms with E-state index in [1.165, 1.54) is 38.2 Å². The van der Waals surface area contributed by atoms with Crippen LogP contribution in [0.2, 0.25) is 0 Å². The van der Waals surface area contributed by atoms with E-state index in [-0.39, 0.29) is 11.4 Å². The van der Waals surface area contributed by atoms with Gasteiger partial charge in [-0.3, -0.25) is 10.1 Å². The molecular weight excluding hydrogens is 268 g/mol. The van der Waals surface area contributed by atoms with Gasteiger partial charge in [-0.15, -0.1) is 0 Å². The Bertz CT molecular complexity index is 547. The van der Waals surface area contributed by atoms with Gasteiger partial charge in [0.2, 0.25) is 5.69 Å². The molecule has 6 nitrogen and oxygen atoms in total. The molecule has 2 rings (SSSR count). The van der Waals surface area contributed by atoms with Crippen LogP contribution >= 0.6 is 0 Å². The largest absolute Gasteiger partial charge is 0.367 e. The summed E-state index contributed by atoms with van der Waals surface area (Å²) < 4.78 is 0. The summed E-state index contributed by atoms with van der Waals surface area (Å²) in [4.78, 5) is 14.3. The van der Waals surface area contributed by atoms with Gasteiger partial charge in [0, 0.05) is 12.1 Å². The summed E-state index contributed by atoms with van der Waals surface area (Å²) >= 11 is 0. The molecule has 1 aliphatic rings. The summed E-state index contributed by atoms with van der Waals surface area (Å²) in [7, 11) is 0. The zero-order valence-corrected chi connectivity index (χ0v) is 12.2. The lowest BCUT2D eigenvalue weighted by molar-refractivity contribution is -0.385. The molecule has 0 amide bonds. The molecule has 0 bridgehead atoms. The van der Waals surface area contributed by atoms with Crippen molar-refractivity contribution in [3.63, 3.8) is 0 Å². The summed E-state index contributed by atoms with van der Waals surface area (Å²) in [5.41, 5.74) is -0.378. The quantitative estimate of drug-likeness (QED) is 0.659. The van der Waals surface area contributed by atoms with Crippen LogP contribution in [0.3, 0.4) is 0 Å². The van der Waals surface area contributed by atoms with Crippen molar-refractivity contribution in [3.8, 4) is 6.07 Å². The van der Waals surface area contributed by atoms with Crippen molar-refractivity contribution in [3.05, 3.63) is 27.9 Å². The highest BCUT2D eigenvalue weighted by molar-refractivity contribution is 5.50. The third-order valence-electron chi connectivity index (χ3n) is 4.17. The number of nitrogens with zero attached hydrogens (tertiary/aromatic N) is 3. The van der Waals surface area contributed by atoms with Crippen LogP contribution in [0.5, 0.6) is 0 Å². The molecule has 1 saturated carbocycles. The minimum absolute atomic E-state index is 0.136. The molecule has 1 atom stereocenters. The standard InChI is InChI=1S/C15H20N4O2/c1-2-12(11-6-4-3-5-7-11)17-15-9-8-14(19(20)21)13(10-16)18-15/h8-9,11-12H,2-7H2,1H3,(H,17,18). The van der Waals surface area contributed by atoms with Crippen LogP contribution in [0.25, 0.3) is 0 Å². The van der Waals surface area contributed by atoms with E-state index in [9.17, 15) is 10.1 Å². The summed E-state index contributed by atoms with van der Waals surface area (Å²) in [6.45, 7) is 2.13. The molecule has 0 radical (unpaired) electrons. The Balaban J connectivity index is 2.14. The molecule has 1 heterocycles. The van der Waals surface area contributed by atoms with Crippen molar-refractivity contribution in [1.29, 1.82) is 5.26 Å². The van der Waals surface area contributed by atoms with Gasteiger partial charge < -0.3 is 5.32 Å². The van der Waals surface area contributed by atoms with Crippen molar-refractivity contribution in [2.45, 2.75) is 51.5 Å². The minimum Gasteiger partial charge on any atom is -0.367 e. The Kier molecular flexibility index (Phi) is 5.09. The molecule has 0 aromatic carbocycles. The van der Waals surface area contributed by atoms with Crippen LogP contribution < -0.4 is 5.32 Å². The SMILES string of the molecule is CCC(Nc1ccc([N+](=O)[O-])c(C#N)n1)C1CCCCC1. The number of nitro groups is 1. The molecule has 112 valence electrons. The second-order valence-corrected chi connectivity index (χ2v) is 5.49.